The minimum Gasteiger partial charge on any atom is -0.389 e. The molecule has 0 bridgehead atoms. The molecule has 0 radical (unpaired) electrons. The van der Waals surface area contributed by atoms with Crippen molar-refractivity contribution in [1.82, 2.24) is 4.98 Å². The van der Waals surface area contributed by atoms with Gasteiger partial charge in [-0.2, -0.15) is 0 Å². The Labute approximate surface area is 129 Å². The molecule has 0 spiro atoms. The lowest BCUT2D eigenvalue weighted by atomic mass is 10.1. The average Bonchev–Trinajstić information content (AvgIpc) is 2.45. The van der Waals surface area contributed by atoms with Crippen molar-refractivity contribution in [2.45, 2.75) is 6.42 Å². The van der Waals surface area contributed by atoms with Crippen LogP contribution in [0.25, 0.3) is 0 Å². The Morgan fingerprint density at radius 3 is 2.65 bits per heavy atom. The second-order valence-electron chi connectivity index (χ2n) is 4.55. The zero-order valence-electron chi connectivity index (χ0n) is 11.2. The quantitative estimate of drug-likeness (QED) is 0.862. The molecule has 0 aliphatic carbocycles. The Morgan fingerprint density at radius 2 is 2.00 bits per heavy atom. The van der Waals surface area contributed by atoms with Crippen LogP contribution in [0.1, 0.15) is 11.1 Å². The third-order valence-electron chi connectivity index (χ3n) is 3.12. The summed E-state index contributed by atoms with van der Waals surface area (Å²) in [5, 5.41) is 0.638. The molecule has 20 heavy (non-hydrogen) atoms. The van der Waals surface area contributed by atoms with Crippen LogP contribution in [0, 0.1) is 0 Å². The second kappa shape index (κ2) is 6.68. The number of likely N-dealkylation sites (N-methyl/N-ethyl adjacent to an activating group) is 1. The molecule has 0 aliphatic rings. The molecule has 0 atom stereocenters. The van der Waals surface area contributed by atoms with E-state index in [1.54, 1.807) is 12.4 Å². The third-order valence-corrected chi connectivity index (χ3v) is 3.58. The lowest BCUT2D eigenvalue weighted by Gasteiger charge is -2.22. The predicted molar refractivity (Wildman–Crippen MR) is 88.6 cm³/mol. The highest BCUT2D eigenvalue weighted by atomic mass is 35.5. The topological polar surface area (TPSA) is 42.2 Å². The summed E-state index contributed by atoms with van der Waals surface area (Å²) >= 11 is 11.1. The number of benzene rings is 1. The van der Waals surface area contributed by atoms with Gasteiger partial charge in [0.15, 0.2) is 0 Å². The number of hydrogen-bond acceptors (Lipinski definition) is 3. The van der Waals surface area contributed by atoms with Gasteiger partial charge in [0.1, 0.15) is 4.99 Å². The summed E-state index contributed by atoms with van der Waals surface area (Å²) in [5.74, 6) is 0. The van der Waals surface area contributed by atoms with Crippen molar-refractivity contribution in [2.24, 2.45) is 5.73 Å². The van der Waals surface area contributed by atoms with Crippen LogP contribution in [0.2, 0.25) is 5.02 Å². The summed E-state index contributed by atoms with van der Waals surface area (Å²) in [7, 11) is 2.02. The van der Waals surface area contributed by atoms with Gasteiger partial charge in [-0.15, -0.1) is 0 Å². The number of anilines is 1. The van der Waals surface area contributed by atoms with Crippen molar-refractivity contribution < 1.29 is 0 Å². The van der Waals surface area contributed by atoms with E-state index in [9.17, 15) is 0 Å². The molecule has 0 aliphatic heterocycles. The van der Waals surface area contributed by atoms with Crippen LogP contribution in [0.3, 0.4) is 0 Å². The summed E-state index contributed by atoms with van der Waals surface area (Å²) in [5.41, 5.74) is 8.82. The summed E-state index contributed by atoms with van der Waals surface area (Å²) in [6.45, 7) is 0.862. The van der Waals surface area contributed by atoms with E-state index in [-0.39, 0.29) is 0 Å². The SMILES string of the molecule is CN(CCc1ccncc1)c1ccc(Cl)cc1C(N)=S. The van der Waals surface area contributed by atoms with Crippen molar-refractivity contribution in [1.29, 1.82) is 0 Å². The Hall–Kier alpha value is -1.65. The van der Waals surface area contributed by atoms with Crippen molar-refractivity contribution >= 4 is 34.5 Å². The van der Waals surface area contributed by atoms with Crippen LogP contribution in [0.5, 0.6) is 0 Å². The lowest BCUT2D eigenvalue weighted by molar-refractivity contribution is 0.874. The van der Waals surface area contributed by atoms with Gasteiger partial charge in [-0.05, 0) is 42.3 Å². The van der Waals surface area contributed by atoms with Gasteiger partial charge in [-0.1, -0.05) is 23.8 Å². The molecule has 0 fully saturated rings. The van der Waals surface area contributed by atoms with Crippen molar-refractivity contribution in [3.8, 4) is 0 Å². The normalized spacial score (nSPS) is 10.3. The number of aromatic nitrogens is 1. The first kappa shape index (κ1) is 14.8. The molecule has 2 aromatic rings. The molecule has 0 amide bonds. The van der Waals surface area contributed by atoms with Gasteiger partial charge in [-0.25, -0.2) is 0 Å². The molecule has 3 nitrogen and oxygen atoms in total. The van der Waals surface area contributed by atoms with Crippen LogP contribution in [0.15, 0.2) is 42.7 Å². The largest absolute Gasteiger partial charge is 0.389 e. The maximum Gasteiger partial charge on any atom is 0.106 e. The maximum absolute atomic E-state index is 6.00. The van der Waals surface area contributed by atoms with E-state index in [1.165, 1.54) is 5.56 Å². The van der Waals surface area contributed by atoms with E-state index in [1.807, 2.05) is 37.4 Å². The molecular weight excluding hydrogens is 290 g/mol. The number of pyridine rings is 1. The van der Waals surface area contributed by atoms with Crippen molar-refractivity contribution in [2.75, 3.05) is 18.5 Å². The highest BCUT2D eigenvalue weighted by molar-refractivity contribution is 7.80. The highest BCUT2D eigenvalue weighted by Gasteiger charge is 2.10. The number of thiocarbonyl (C=S) groups is 1. The van der Waals surface area contributed by atoms with Crippen LogP contribution in [0.4, 0.5) is 5.69 Å². The van der Waals surface area contributed by atoms with Crippen LogP contribution in [-0.2, 0) is 6.42 Å². The Morgan fingerprint density at radius 1 is 1.30 bits per heavy atom. The summed E-state index contributed by atoms with van der Waals surface area (Å²) < 4.78 is 0. The van der Waals surface area contributed by atoms with Gasteiger partial charge in [-0.3, -0.25) is 4.98 Å². The molecule has 104 valence electrons. The molecule has 5 heteroatoms. The van der Waals surface area contributed by atoms with Crippen LogP contribution < -0.4 is 10.6 Å². The molecule has 1 aromatic carbocycles. The van der Waals surface area contributed by atoms with Gasteiger partial charge in [0, 0.05) is 42.3 Å². The molecular formula is C15H16ClN3S. The van der Waals surface area contributed by atoms with Gasteiger partial charge < -0.3 is 10.6 Å². The van der Waals surface area contributed by atoms with E-state index >= 15 is 0 Å². The number of hydrogen-bond donors (Lipinski definition) is 1. The molecule has 1 aromatic heterocycles. The standard InChI is InChI=1S/C15H16ClN3S/c1-19(9-6-11-4-7-18-8-5-11)14-3-2-12(16)10-13(14)15(17)20/h2-5,7-8,10H,6,9H2,1H3,(H2,17,20). The van der Waals surface area contributed by atoms with Crippen molar-refractivity contribution in [3.63, 3.8) is 0 Å². The second-order valence-corrected chi connectivity index (χ2v) is 5.43. The fourth-order valence-electron chi connectivity index (χ4n) is 2.01. The lowest BCUT2D eigenvalue weighted by Crippen LogP contribution is -2.24. The molecule has 0 unspecified atom stereocenters. The number of rotatable bonds is 5. The van der Waals surface area contributed by atoms with Crippen molar-refractivity contribution in [3.05, 3.63) is 58.9 Å². The fraction of sp³-hybridized carbons (Fsp3) is 0.200. The fourth-order valence-corrected chi connectivity index (χ4v) is 2.34. The maximum atomic E-state index is 6.00. The van der Waals surface area contributed by atoms with Gasteiger partial charge in [0.05, 0.1) is 0 Å². The summed E-state index contributed by atoms with van der Waals surface area (Å²) in [6.07, 6.45) is 4.54. The molecule has 1 heterocycles. The minimum absolute atomic E-state index is 0.360. The summed E-state index contributed by atoms with van der Waals surface area (Å²) in [6, 6.07) is 9.64. The monoisotopic (exact) mass is 305 g/mol. The van der Waals surface area contributed by atoms with Crippen LogP contribution >= 0.6 is 23.8 Å². The van der Waals surface area contributed by atoms with E-state index in [2.05, 4.69) is 9.88 Å². The smallest absolute Gasteiger partial charge is 0.106 e. The molecule has 2 rings (SSSR count). The van der Waals surface area contributed by atoms with Gasteiger partial charge >= 0.3 is 0 Å². The van der Waals surface area contributed by atoms with E-state index in [4.69, 9.17) is 29.6 Å². The molecule has 2 N–H and O–H groups in total. The third kappa shape index (κ3) is 3.68. The number of nitrogens with two attached hydrogens (primary N) is 1. The Bertz CT molecular complexity index is 601. The Kier molecular flexibility index (Phi) is 4.93. The van der Waals surface area contributed by atoms with Crippen LogP contribution in [-0.4, -0.2) is 23.6 Å². The Balaban J connectivity index is 2.13. The van der Waals surface area contributed by atoms with Gasteiger partial charge in [0.25, 0.3) is 0 Å². The zero-order chi connectivity index (χ0) is 14.5. The number of halogens is 1. The predicted octanol–water partition coefficient (Wildman–Crippen LogP) is 3.05. The van der Waals surface area contributed by atoms with Gasteiger partial charge in [0.2, 0.25) is 0 Å². The number of nitrogens with zero attached hydrogens (tertiary/aromatic N) is 2. The first-order valence-corrected chi connectivity index (χ1v) is 7.06. The summed E-state index contributed by atoms with van der Waals surface area (Å²) in [4.78, 5) is 6.51. The minimum atomic E-state index is 0.360. The highest BCUT2D eigenvalue weighted by Crippen LogP contribution is 2.23. The zero-order valence-corrected chi connectivity index (χ0v) is 12.8. The molecule has 0 saturated heterocycles. The van der Waals surface area contributed by atoms with E-state index in [0.717, 1.165) is 24.2 Å². The van der Waals surface area contributed by atoms with E-state index in [0.29, 0.717) is 10.0 Å². The average molecular weight is 306 g/mol. The molecule has 0 saturated carbocycles. The van der Waals surface area contributed by atoms with E-state index < -0.39 is 0 Å². The first-order valence-electron chi connectivity index (χ1n) is 6.27. The first-order chi connectivity index (χ1) is 9.58.